The molecule has 1 aromatic carbocycles. The van der Waals surface area contributed by atoms with Gasteiger partial charge in [-0.15, -0.1) is 0 Å². The average molecular weight is 191 g/mol. The van der Waals surface area contributed by atoms with E-state index in [9.17, 15) is 4.79 Å². The Labute approximate surface area is 85.1 Å². The molecule has 1 aromatic rings. The van der Waals surface area contributed by atoms with E-state index in [-0.39, 0.29) is 6.04 Å². The average Bonchev–Trinajstić information content (AvgIpc) is 2.14. The molecule has 2 nitrogen and oxygen atoms in total. The Morgan fingerprint density at radius 1 is 1.29 bits per heavy atom. The van der Waals surface area contributed by atoms with Crippen molar-refractivity contribution in [3.05, 3.63) is 34.4 Å². The lowest BCUT2D eigenvalue weighted by molar-refractivity contribution is -0.108. The van der Waals surface area contributed by atoms with Gasteiger partial charge in [-0.1, -0.05) is 12.1 Å². The molecule has 0 aromatic heterocycles. The number of rotatable bonds is 3. The molecular formula is C12H17NO. The first kappa shape index (κ1) is 10.9. The summed E-state index contributed by atoms with van der Waals surface area (Å²) in [5.74, 6) is 0. The van der Waals surface area contributed by atoms with Crippen LogP contribution in [0.3, 0.4) is 0 Å². The number of hydrogen-bond donors (Lipinski definition) is 1. The van der Waals surface area contributed by atoms with Gasteiger partial charge in [-0.2, -0.15) is 0 Å². The number of benzene rings is 1. The topological polar surface area (TPSA) is 43.1 Å². The lowest BCUT2D eigenvalue weighted by atomic mass is 9.97. The van der Waals surface area contributed by atoms with Gasteiger partial charge >= 0.3 is 0 Å². The third-order valence-corrected chi connectivity index (χ3v) is 2.63. The summed E-state index contributed by atoms with van der Waals surface area (Å²) in [7, 11) is 0. The minimum atomic E-state index is -0.378. The highest BCUT2D eigenvalue weighted by Crippen LogP contribution is 2.16. The predicted molar refractivity (Wildman–Crippen MR) is 58.4 cm³/mol. The van der Waals surface area contributed by atoms with E-state index in [2.05, 4.69) is 32.9 Å². The number of nitrogens with two attached hydrogens (primary N) is 1. The van der Waals surface area contributed by atoms with E-state index < -0.39 is 0 Å². The molecule has 0 radical (unpaired) electrons. The maximum Gasteiger partial charge on any atom is 0.137 e. The SMILES string of the molecule is Cc1cc(CC(N)C=O)cc(C)c1C. The molecule has 0 fully saturated rings. The van der Waals surface area contributed by atoms with E-state index in [1.165, 1.54) is 16.7 Å². The molecule has 0 amide bonds. The second-order valence-electron chi connectivity index (χ2n) is 3.86. The normalized spacial score (nSPS) is 12.6. The van der Waals surface area contributed by atoms with Gasteiger partial charge in [-0.05, 0) is 49.4 Å². The quantitative estimate of drug-likeness (QED) is 0.739. The molecule has 76 valence electrons. The first-order valence-corrected chi connectivity index (χ1v) is 4.82. The molecule has 2 N–H and O–H groups in total. The van der Waals surface area contributed by atoms with Crippen LogP contribution in [-0.4, -0.2) is 12.3 Å². The summed E-state index contributed by atoms with van der Waals surface area (Å²) in [6.45, 7) is 6.27. The highest BCUT2D eigenvalue weighted by atomic mass is 16.1. The van der Waals surface area contributed by atoms with Gasteiger partial charge in [0.2, 0.25) is 0 Å². The zero-order valence-electron chi connectivity index (χ0n) is 9.00. The fourth-order valence-electron chi connectivity index (χ4n) is 1.56. The first-order chi connectivity index (χ1) is 6.54. The van der Waals surface area contributed by atoms with Crippen LogP contribution in [-0.2, 0) is 11.2 Å². The fraction of sp³-hybridized carbons (Fsp3) is 0.417. The van der Waals surface area contributed by atoms with Gasteiger partial charge < -0.3 is 10.5 Å². The highest BCUT2D eigenvalue weighted by Gasteiger charge is 2.05. The van der Waals surface area contributed by atoms with E-state index in [1.807, 2.05) is 0 Å². The maximum atomic E-state index is 10.4. The van der Waals surface area contributed by atoms with Crippen molar-refractivity contribution in [3.63, 3.8) is 0 Å². The monoisotopic (exact) mass is 191 g/mol. The van der Waals surface area contributed by atoms with Crippen LogP contribution in [0, 0.1) is 20.8 Å². The van der Waals surface area contributed by atoms with Gasteiger partial charge in [0, 0.05) is 0 Å². The molecule has 0 aliphatic heterocycles. The number of aldehydes is 1. The van der Waals surface area contributed by atoms with Gasteiger partial charge in [0.05, 0.1) is 6.04 Å². The molecule has 0 heterocycles. The van der Waals surface area contributed by atoms with Crippen LogP contribution in [0.15, 0.2) is 12.1 Å². The summed E-state index contributed by atoms with van der Waals surface area (Å²) in [5.41, 5.74) is 10.6. The standard InChI is InChI=1S/C12H17NO/c1-8-4-11(6-12(13)7-14)5-9(2)10(8)3/h4-5,7,12H,6,13H2,1-3H3. The summed E-state index contributed by atoms with van der Waals surface area (Å²) in [5, 5.41) is 0. The molecule has 0 aliphatic carbocycles. The van der Waals surface area contributed by atoms with Gasteiger partial charge in [0.25, 0.3) is 0 Å². The highest BCUT2D eigenvalue weighted by molar-refractivity contribution is 5.58. The van der Waals surface area contributed by atoms with E-state index in [4.69, 9.17) is 5.73 Å². The third-order valence-electron chi connectivity index (χ3n) is 2.63. The van der Waals surface area contributed by atoms with Crippen LogP contribution in [0.4, 0.5) is 0 Å². The Hall–Kier alpha value is -1.15. The lowest BCUT2D eigenvalue weighted by Crippen LogP contribution is -2.24. The molecule has 0 bridgehead atoms. The minimum Gasteiger partial charge on any atom is -0.321 e. The van der Waals surface area contributed by atoms with Crippen molar-refractivity contribution < 1.29 is 4.79 Å². The number of carbonyl (C=O) groups is 1. The van der Waals surface area contributed by atoms with E-state index in [1.54, 1.807) is 0 Å². The van der Waals surface area contributed by atoms with Crippen LogP contribution in [0.2, 0.25) is 0 Å². The maximum absolute atomic E-state index is 10.4. The van der Waals surface area contributed by atoms with Crippen molar-refractivity contribution in [2.45, 2.75) is 33.2 Å². The second-order valence-corrected chi connectivity index (χ2v) is 3.86. The molecule has 1 unspecified atom stereocenters. The summed E-state index contributed by atoms with van der Waals surface area (Å²) < 4.78 is 0. The van der Waals surface area contributed by atoms with Crippen molar-refractivity contribution in [1.29, 1.82) is 0 Å². The largest absolute Gasteiger partial charge is 0.321 e. The van der Waals surface area contributed by atoms with Crippen LogP contribution >= 0.6 is 0 Å². The number of aryl methyl sites for hydroxylation is 2. The first-order valence-electron chi connectivity index (χ1n) is 4.82. The van der Waals surface area contributed by atoms with Gasteiger partial charge in [0.1, 0.15) is 6.29 Å². The zero-order chi connectivity index (χ0) is 10.7. The van der Waals surface area contributed by atoms with Crippen molar-refractivity contribution >= 4 is 6.29 Å². The molecule has 1 rings (SSSR count). The van der Waals surface area contributed by atoms with Gasteiger partial charge in [0.15, 0.2) is 0 Å². The Kier molecular flexibility index (Phi) is 3.42. The number of carbonyl (C=O) groups excluding carboxylic acids is 1. The summed E-state index contributed by atoms with van der Waals surface area (Å²) in [4.78, 5) is 10.4. The molecule has 0 aliphatic rings. The Morgan fingerprint density at radius 2 is 1.79 bits per heavy atom. The molecule has 0 spiro atoms. The van der Waals surface area contributed by atoms with Crippen LogP contribution in [0.25, 0.3) is 0 Å². The van der Waals surface area contributed by atoms with Crippen LogP contribution in [0.1, 0.15) is 22.3 Å². The van der Waals surface area contributed by atoms with Crippen LogP contribution < -0.4 is 5.73 Å². The smallest absolute Gasteiger partial charge is 0.137 e. The minimum absolute atomic E-state index is 0.378. The van der Waals surface area contributed by atoms with Crippen molar-refractivity contribution in [2.75, 3.05) is 0 Å². The number of hydrogen-bond acceptors (Lipinski definition) is 2. The summed E-state index contributed by atoms with van der Waals surface area (Å²) in [6.07, 6.45) is 1.43. The lowest BCUT2D eigenvalue weighted by Gasteiger charge is -2.10. The van der Waals surface area contributed by atoms with Gasteiger partial charge in [-0.3, -0.25) is 0 Å². The zero-order valence-corrected chi connectivity index (χ0v) is 9.00. The van der Waals surface area contributed by atoms with Crippen molar-refractivity contribution in [1.82, 2.24) is 0 Å². The molecule has 1 atom stereocenters. The van der Waals surface area contributed by atoms with E-state index in [0.29, 0.717) is 6.42 Å². The van der Waals surface area contributed by atoms with Gasteiger partial charge in [-0.25, -0.2) is 0 Å². The Bertz CT molecular complexity index is 321. The van der Waals surface area contributed by atoms with Crippen molar-refractivity contribution in [2.24, 2.45) is 5.73 Å². The van der Waals surface area contributed by atoms with E-state index >= 15 is 0 Å². The predicted octanol–water partition coefficient (Wildman–Crippen LogP) is 1.68. The summed E-state index contributed by atoms with van der Waals surface area (Å²) in [6, 6.07) is 3.83. The summed E-state index contributed by atoms with van der Waals surface area (Å²) >= 11 is 0. The fourth-order valence-corrected chi connectivity index (χ4v) is 1.56. The second kappa shape index (κ2) is 4.38. The van der Waals surface area contributed by atoms with Crippen molar-refractivity contribution in [3.8, 4) is 0 Å². The Balaban J connectivity index is 2.95. The molecule has 2 heteroatoms. The molecular weight excluding hydrogens is 174 g/mol. The van der Waals surface area contributed by atoms with E-state index in [0.717, 1.165) is 11.8 Å². The Morgan fingerprint density at radius 3 is 2.21 bits per heavy atom. The third kappa shape index (κ3) is 2.42. The van der Waals surface area contributed by atoms with Crippen LogP contribution in [0.5, 0.6) is 0 Å². The molecule has 0 saturated heterocycles. The molecule has 0 saturated carbocycles. The molecule has 14 heavy (non-hydrogen) atoms.